The van der Waals surface area contributed by atoms with Crippen molar-refractivity contribution in [3.8, 4) is 0 Å². The Kier molecular flexibility index (Phi) is 3.89. The summed E-state index contributed by atoms with van der Waals surface area (Å²) in [6.45, 7) is 6.16. The molecule has 0 fully saturated rings. The average molecular weight is 206 g/mol. The Morgan fingerprint density at radius 3 is 2.20 bits per heavy atom. The molecule has 0 bridgehead atoms. The van der Waals surface area contributed by atoms with Gasteiger partial charge in [0, 0.05) is 0 Å². The number of rotatable bonds is 4. The molecule has 0 radical (unpaired) electrons. The van der Waals surface area contributed by atoms with Gasteiger partial charge in [0.25, 0.3) is 0 Å². The zero-order chi connectivity index (χ0) is 11.4. The minimum absolute atomic E-state index is 0.114. The third-order valence-electron chi connectivity index (χ3n) is 2.70. The lowest BCUT2D eigenvalue weighted by Crippen LogP contribution is -2.12. The van der Waals surface area contributed by atoms with Crippen LogP contribution in [0.1, 0.15) is 37.3 Å². The summed E-state index contributed by atoms with van der Waals surface area (Å²) in [4.78, 5) is 10.8. The standard InChI is InChI=1S/C13H18O2/c1-9(2)12(8-13(14)15)11-6-4-10(3)5-7-11/h4-7,9,12H,8H2,1-3H3,(H,14,15)/t12-/m1/s1. The Morgan fingerprint density at radius 1 is 1.27 bits per heavy atom. The highest BCUT2D eigenvalue weighted by molar-refractivity contribution is 5.68. The third-order valence-corrected chi connectivity index (χ3v) is 2.70. The summed E-state index contributed by atoms with van der Waals surface area (Å²) in [5.41, 5.74) is 2.33. The van der Waals surface area contributed by atoms with E-state index in [4.69, 9.17) is 5.11 Å². The van der Waals surface area contributed by atoms with Gasteiger partial charge in [0.15, 0.2) is 0 Å². The van der Waals surface area contributed by atoms with E-state index in [0.29, 0.717) is 5.92 Å². The quantitative estimate of drug-likeness (QED) is 0.821. The van der Waals surface area contributed by atoms with Crippen LogP contribution in [0.25, 0.3) is 0 Å². The summed E-state index contributed by atoms with van der Waals surface area (Å²) in [6, 6.07) is 8.13. The minimum atomic E-state index is -0.728. The summed E-state index contributed by atoms with van der Waals surface area (Å²) in [7, 11) is 0. The fourth-order valence-electron chi connectivity index (χ4n) is 1.74. The van der Waals surface area contributed by atoms with E-state index in [-0.39, 0.29) is 12.3 Å². The maximum Gasteiger partial charge on any atom is 0.303 e. The van der Waals surface area contributed by atoms with Crippen LogP contribution in [0, 0.1) is 12.8 Å². The lowest BCUT2D eigenvalue weighted by molar-refractivity contribution is -0.137. The summed E-state index contributed by atoms with van der Waals surface area (Å²) in [6.07, 6.45) is 0.209. The van der Waals surface area contributed by atoms with Gasteiger partial charge in [0.05, 0.1) is 6.42 Å². The monoisotopic (exact) mass is 206 g/mol. The van der Waals surface area contributed by atoms with Gasteiger partial charge >= 0.3 is 5.97 Å². The first-order valence-corrected chi connectivity index (χ1v) is 5.29. The van der Waals surface area contributed by atoms with Gasteiger partial charge in [0.2, 0.25) is 0 Å². The third kappa shape index (κ3) is 3.39. The average Bonchev–Trinajstić information content (AvgIpc) is 2.15. The van der Waals surface area contributed by atoms with Crippen molar-refractivity contribution in [3.05, 3.63) is 35.4 Å². The fourth-order valence-corrected chi connectivity index (χ4v) is 1.74. The number of carbonyl (C=O) groups is 1. The molecule has 0 aliphatic carbocycles. The van der Waals surface area contributed by atoms with E-state index in [2.05, 4.69) is 13.8 Å². The molecule has 1 aromatic rings. The van der Waals surface area contributed by atoms with E-state index in [1.54, 1.807) is 0 Å². The van der Waals surface area contributed by atoms with Gasteiger partial charge in [-0.15, -0.1) is 0 Å². The van der Waals surface area contributed by atoms with Crippen molar-refractivity contribution < 1.29 is 9.90 Å². The van der Waals surface area contributed by atoms with Gasteiger partial charge < -0.3 is 5.11 Å². The lowest BCUT2D eigenvalue weighted by atomic mass is 9.85. The number of carboxylic acid groups (broad SMARTS) is 1. The number of hydrogen-bond acceptors (Lipinski definition) is 1. The van der Waals surface area contributed by atoms with Crippen molar-refractivity contribution in [2.75, 3.05) is 0 Å². The molecule has 15 heavy (non-hydrogen) atoms. The second kappa shape index (κ2) is 4.96. The Bertz CT molecular complexity index is 325. The molecule has 1 rings (SSSR count). The SMILES string of the molecule is Cc1ccc([C@H](CC(=O)O)C(C)C)cc1. The van der Waals surface area contributed by atoms with E-state index < -0.39 is 5.97 Å². The first-order valence-electron chi connectivity index (χ1n) is 5.29. The number of aryl methyl sites for hydroxylation is 1. The Labute approximate surface area is 90.9 Å². The molecular weight excluding hydrogens is 188 g/mol. The highest BCUT2D eigenvalue weighted by Gasteiger charge is 2.18. The summed E-state index contributed by atoms with van der Waals surface area (Å²) < 4.78 is 0. The van der Waals surface area contributed by atoms with Crippen LogP contribution in [0.3, 0.4) is 0 Å². The van der Waals surface area contributed by atoms with Gasteiger partial charge in [-0.3, -0.25) is 4.79 Å². The van der Waals surface area contributed by atoms with E-state index in [1.165, 1.54) is 5.56 Å². The van der Waals surface area contributed by atoms with Crippen molar-refractivity contribution >= 4 is 5.97 Å². The molecule has 0 saturated heterocycles. The predicted octanol–water partition coefficient (Wildman–Crippen LogP) is 3.21. The molecular formula is C13H18O2. The Balaban J connectivity index is 2.88. The maximum atomic E-state index is 10.8. The number of benzene rings is 1. The molecule has 82 valence electrons. The van der Waals surface area contributed by atoms with Crippen LogP contribution >= 0.6 is 0 Å². The smallest absolute Gasteiger partial charge is 0.303 e. The van der Waals surface area contributed by atoms with Crippen molar-refractivity contribution in [2.24, 2.45) is 5.92 Å². The van der Waals surface area contributed by atoms with E-state index in [9.17, 15) is 4.79 Å². The van der Waals surface area contributed by atoms with Crippen LogP contribution in [-0.4, -0.2) is 11.1 Å². The molecule has 1 aromatic carbocycles. The Hall–Kier alpha value is -1.31. The number of hydrogen-bond donors (Lipinski definition) is 1. The zero-order valence-electron chi connectivity index (χ0n) is 9.53. The van der Waals surface area contributed by atoms with Gasteiger partial charge in [-0.2, -0.15) is 0 Å². The van der Waals surface area contributed by atoms with Crippen LogP contribution in [0.15, 0.2) is 24.3 Å². The largest absolute Gasteiger partial charge is 0.481 e. The van der Waals surface area contributed by atoms with Gasteiger partial charge in [-0.1, -0.05) is 43.7 Å². The minimum Gasteiger partial charge on any atom is -0.481 e. The molecule has 0 aliphatic rings. The molecule has 1 N–H and O–H groups in total. The van der Waals surface area contributed by atoms with Crippen molar-refractivity contribution in [2.45, 2.75) is 33.1 Å². The first-order chi connectivity index (χ1) is 7.00. The van der Waals surface area contributed by atoms with Crippen LogP contribution in [0.2, 0.25) is 0 Å². The van der Waals surface area contributed by atoms with Crippen LogP contribution in [0.4, 0.5) is 0 Å². The van der Waals surface area contributed by atoms with Gasteiger partial charge in [-0.25, -0.2) is 0 Å². The summed E-state index contributed by atoms with van der Waals surface area (Å²) in [5, 5.41) is 8.85. The first kappa shape index (κ1) is 11.8. The molecule has 0 unspecified atom stereocenters. The Morgan fingerprint density at radius 2 is 1.80 bits per heavy atom. The van der Waals surface area contributed by atoms with Crippen LogP contribution in [-0.2, 0) is 4.79 Å². The fraction of sp³-hybridized carbons (Fsp3) is 0.462. The van der Waals surface area contributed by atoms with Crippen molar-refractivity contribution in [1.82, 2.24) is 0 Å². The number of aliphatic carboxylic acids is 1. The maximum absolute atomic E-state index is 10.8. The highest BCUT2D eigenvalue weighted by Crippen LogP contribution is 2.27. The molecule has 0 spiro atoms. The molecule has 2 heteroatoms. The number of carboxylic acids is 1. The lowest BCUT2D eigenvalue weighted by Gasteiger charge is -2.19. The normalized spacial score (nSPS) is 12.8. The topological polar surface area (TPSA) is 37.3 Å². The highest BCUT2D eigenvalue weighted by atomic mass is 16.4. The van der Waals surface area contributed by atoms with E-state index in [1.807, 2.05) is 31.2 Å². The van der Waals surface area contributed by atoms with Crippen molar-refractivity contribution in [1.29, 1.82) is 0 Å². The molecule has 0 aliphatic heterocycles. The molecule has 0 heterocycles. The molecule has 1 atom stereocenters. The molecule has 0 aromatic heterocycles. The predicted molar refractivity (Wildman–Crippen MR) is 61.0 cm³/mol. The summed E-state index contributed by atoms with van der Waals surface area (Å²) in [5.74, 6) is -0.263. The second-order valence-corrected chi connectivity index (χ2v) is 4.36. The van der Waals surface area contributed by atoms with Crippen LogP contribution in [0.5, 0.6) is 0 Å². The van der Waals surface area contributed by atoms with E-state index in [0.717, 1.165) is 5.56 Å². The molecule has 2 nitrogen and oxygen atoms in total. The van der Waals surface area contributed by atoms with Gasteiger partial charge in [-0.05, 0) is 24.3 Å². The molecule has 0 amide bonds. The van der Waals surface area contributed by atoms with Gasteiger partial charge in [0.1, 0.15) is 0 Å². The van der Waals surface area contributed by atoms with Crippen LogP contribution < -0.4 is 0 Å². The summed E-state index contributed by atoms with van der Waals surface area (Å²) >= 11 is 0. The molecule has 0 saturated carbocycles. The van der Waals surface area contributed by atoms with Crippen molar-refractivity contribution in [3.63, 3.8) is 0 Å². The second-order valence-electron chi connectivity index (χ2n) is 4.36. The van der Waals surface area contributed by atoms with E-state index >= 15 is 0 Å². The zero-order valence-corrected chi connectivity index (χ0v) is 9.53.